The van der Waals surface area contributed by atoms with Crippen LogP contribution in [0.2, 0.25) is 0 Å². The van der Waals surface area contributed by atoms with Gasteiger partial charge in [0, 0.05) is 18.3 Å². The molecule has 0 aliphatic heterocycles. The van der Waals surface area contributed by atoms with Crippen LogP contribution >= 0.6 is 0 Å². The van der Waals surface area contributed by atoms with Crippen LogP contribution in [0.5, 0.6) is 0 Å². The molecule has 40 heavy (non-hydrogen) atoms. The summed E-state index contributed by atoms with van der Waals surface area (Å²) >= 11 is 0. The summed E-state index contributed by atoms with van der Waals surface area (Å²) in [5.41, 5.74) is -0.146. The fraction of sp³-hybridized carbons (Fsp3) is 0.939. The van der Waals surface area contributed by atoms with Crippen LogP contribution in [0.3, 0.4) is 0 Å². The van der Waals surface area contributed by atoms with E-state index < -0.39 is 10.5 Å². The average molecular weight is 560 g/mol. The lowest BCUT2D eigenvalue weighted by Crippen LogP contribution is -2.66. The van der Waals surface area contributed by atoms with Gasteiger partial charge in [0.15, 0.2) is 0 Å². The predicted molar refractivity (Wildman–Crippen MR) is 153 cm³/mol. The summed E-state index contributed by atoms with van der Waals surface area (Å²) in [6.45, 7) is 16.9. The lowest BCUT2D eigenvalue weighted by molar-refractivity contribution is -0.757. The van der Waals surface area contributed by atoms with Crippen molar-refractivity contribution in [1.29, 1.82) is 0 Å². The summed E-state index contributed by atoms with van der Waals surface area (Å²) in [7, 11) is 0. The maximum Gasteiger partial charge on any atom is 0.312 e. The van der Waals surface area contributed by atoms with Crippen molar-refractivity contribution in [3.63, 3.8) is 0 Å². The molecule has 7 nitrogen and oxygen atoms in total. The first-order valence-corrected chi connectivity index (χ1v) is 16.1. The van der Waals surface area contributed by atoms with Crippen LogP contribution in [0.1, 0.15) is 119 Å². The van der Waals surface area contributed by atoms with E-state index in [1.165, 1.54) is 12.8 Å². The average Bonchev–Trinajstić information content (AvgIpc) is 3.28. The van der Waals surface area contributed by atoms with Crippen molar-refractivity contribution in [3.8, 4) is 0 Å². The summed E-state index contributed by atoms with van der Waals surface area (Å²) in [6, 6.07) is 0. The van der Waals surface area contributed by atoms with E-state index in [0.29, 0.717) is 54.1 Å². The van der Waals surface area contributed by atoms with E-state index in [4.69, 9.17) is 4.74 Å². The molecule has 0 N–H and O–H groups in total. The van der Waals surface area contributed by atoms with Crippen LogP contribution in [0.25, 0.3) is 0 Å². The fourth-order valence-electron chi connectivity index (χ4n) is 12.1. The van der Waals surface area contributed by atoms with Crippen LogP contribution in [0, 0.1) is 72.7 Å². The number of hydrogen-bond acceptors (Lipinski definition) is 6. The minimum Gasteiger partial charge on any atom is -0.465 e. The molecule has 0 heterocycles. The normalized spacial score (nSPS) is 45.6. The minimum absolute atomic E-state index is 0.0477. The molecular formula is C33H53NO6. The molecule has 0 radical (unpaired) electrons. The fourth-order valence-corrected chi connectivity index (χ4v) is 12.1. The third-order valence-electron chi connectivity index (χ3n) is 14.2. The van der Waals surface area contributed by atoms with Crippen molar-refractivity contribution in [2.75, 3.05) is 13.2 Å². The number of hydrogen-bond donors (Lipinski definition) is 0. The van der Waals surface area contributed by atoms with Crippen molar-refractivity contribution >= 4 is 11.8 Å². The molecule has 5 aliphatic rings. The second-order valence-electron chi connectivity index (χ2n) is 16.0. The van der Waals surface area contributed by atoms with Crippen LogP contribution in [0.4, 0.5) is 0 Å². The molecule has 0 spiro atoms. The van der Waals surface area contributed by atoms with Gasteiger partial charge in [0.25, 0.3) is 5.09 Å². The molecular weight excluding hydrogens is 506 g/mol. The highest BCUT2D eigenvalue weighted by Crippen LogP contribution is 2.77. The summed E-state index contributed by atoms with van der Waals surface area (Å²) in [4.78, 5) is 41.9. The first kappa shape index (κ1) is 29.8. The summed E-state index contributed by atoms with van der Waals surface area (Å²) in [5, 5.41) is 9.70. The largest absolute Gasteiger partial charge is 0.465 e. The smallest absolute Gasteiger partial charge is 0.312 e. The van der Waals surface area contributed by atoms with Gasteiger partial charge in [-0.1, -0.05) is 48.5 Å². The molecule has 0 unspecified atom stereocenters. The van der Waals surface area contributed by atoms with E-state index in [1.54, 1.807) is 0 Å². The lowest BCUT2D eigenvalue weighted by atomic mass is 9.32. The second-order valence-corrected chi connectivity index (χ2v) is 16.0. The number of Topliss-reactive ketones (excluding diaryl/α,β-unsaturated/α-hetero) is 1. The zero-order chi connectivity index (χ0) is 29.3. The maximum absolute atomic E-state index is 13.9. The van der Waals surface area contributed by atoms with Gasteiger partial charge in [-0.3, -0.25) is 9.59 Å². The highest BCUT2D eigenvalue weighted by molar-refractivity contribution is 5.85. The number of esters is 1. The van der Waals surface area contributed by atoms with Crippen LogP contribution in [0.15, 0.2) is 0 Å². The Hall–Kier alpha value is -1.66. The van der Waals surface area contributed by atoms with E-state index in [9.17, 15) is 19.7 Å². The first-order chi connectivity index (χ1) is 18.6. The molecule has 0 amide bonds. The number of rotatable bonds is 7. The number of carbonyl (C=O) groups excluding carboxylic acids is 2. The molecule has 0 saturated heterocycles. The maximum atomic E-state index is 13.9. The molecule has 0 aromatic carbocycles. The zero-order valence-electron chi connectivity index (χ0n) is 26.1. The van der Waals surface area contributed by atoms with Gasteiger partial charge < -0.3 is 9.57 Å². The van der Waals surface area contributed by atoms with Gasteiger partial charge in [0.2, 0.25) is 0 Å². The third kappa shape index (κ3) is 4.09. The van der Waals surface area contributed by atoms with E-state index in [2.05, 4.69) is 53.3 Å². The summed E-state index contributed by atoms with van der Waals surface area (Å²) in [5.74, 6) is 3.27. The van der Waals surface area contributed by atoms with E-state index >= 15 is 0 Å². The topological polar surface area (TPSA) is 95.7 Å². The Bertz CT molecular complexity index is 1040. The van der Waals surface area contributed by atoms with Crippen LogP contribution < -0.4 is 0 Å². The van der Waals surface area contributed by atoms with Gasteiger partial charge in [-0.15, -0.1) is 10.1 Å². The second kappa shape index (κ2) is 9.97. The molecule has 5 saturated carbocycles. The molecule has 0 aromatic heterocycles. The van der Waals surface area contributed by atoms with Crippen molar-refractivity contribution < 1.29 is 24.3 Å². The number of carbonyl (C=O) groups is 2. The van der Waals surface area contributed by atoms with Crippen molar-refractivity contribution in [1.82, 2.24) is 0 Å². The molecule has 0 bridgehead atoms. The number of ketones is 1. The predicted octanol–water partition coefficient (Wildman–Crippen LogP) is 7.43. The SMILES string of the molecule is CC(C)[C@@H]1CC[C@]2(C(=O)OCCCO[N+](=O)[O-])CC[C@]3(C)[C@H](CC[C@@H]4[C@@]5(C)CCC(=O)C(C)(C)[C@@H]5CC[C@]43C)[C@@H]12. The summed E-state index contributed by atoms with van der Waals surface area (Å²) < 4.78 is 5.89. The molecule has 0 aromatic rings. The van der Waals surface area contributed by atoms with Gasteiger partial charge in [-0.25, -0.2) is 0 Å². The van der Waals surface area contributed by atoms with Crippen molar-refractivity contribution in [3.05, 3.63) is 10.1 Å². The van der Waals surface area contributed by atoms with Gasteiger partial charge in [-0.2, -0.15) is 0 Å². The standard InChI is InChI=1S/C33H53NO6/c1-21(2)22-11-16-33(28(36)39-19-8-20-40-34(37)38)18-17-31(6)23(27(22)33)9-10-25-30(5)14-13-26(35)29(3,4)24(30)12-15-32(25,31)7/h21-25,27H,8-20H2,1-7H3/t22-,23+,24-,25+,27+,30-,31+,32+,33-/m0/s1. The highest BCUT2D eigenvalue weighted by atomic mass is 16.9. The Kier molecular flexibility index (Phi) is 7.43. The van der Waals surface area contributed by atoms with Gasteiger partial charge in [0.05, 0.1) is 18.6 Å². The Morgan fingerprint density at radius 2 is 1.65 bits per heavy atom. The minimum atomic E-state index is -0.792. The number of fused-ring (bicyclic) bond motifs is 7. The Balaban J connectivity index is 1.44. The van der Waals surface area contributed by atoms with E-state index in [-0.39, 0.29) is 40.8 Å². The van der Waals surface area contributed by atoms with Gasteiger partial charge in [0.1, 0.15) is 5.78 Å². The van der Waals surface area contributed by atoms with Gasteiger partial charge >= 0.3 is 5.97 Å². The van der Waals surface area contributed by atoms with E-state index in [0.717, 1.165) is 44.9 Å². The van der Waals surface area contributed by atoms with Gasteiger partial charge in [-0.05, 0) is 110 Å². The molecule has 5 fully saturated rings. The summed E-state index contributed by atoms with van der Waals surface area (Å²) in [6.07, 6.45) is 10.6. The Labute approximate surface area is 241 Å². The number of ether oxygens (including phenoxy) is 1. The molecule has 5 aliphatic carbocycles. The molecule has 7 heteroatoms. The zero-order valence-corrected chi connectivity index (χ0v) is 26.1. The molecule has 9 atom stereocenters. The van der Waals surface area contributed by atoms with Crippen LogP contribution in [-0.4, -0.2) is 30.1 Å². The van der Waals surface area contributed by atoms with Crippen molar-refractivity contribution in [2.45, 2.75) is 119 Å². The Morgan fingerprint density at radius 1 is 0.925 bits per heavy atom. The quantitative estimate of drug-likeness (QED) is 0.139. The van der Waals surface area contributed by atoms with Crippen molar-refractivity contribution in [2.24, 2.45) is 62.6 Å². The third-order valence-corrected chi connectivity index (χ3v) is 14.2. The lowest BCUT2D eigenvalue weighted by Gasteiger charge is -2.72. The van der Waals surface area contributed by atoms with Crippen LogP contribution in [-0.2, 0) is 19.2 Å². The highest BCUT2D eigenvalue weighted by Gasteiger charge is 2.72. The first-order valence-electron chi connectivity index (χ1n) is 16.1. The molecule has 226 valence electrons. The molecule has 5 rings (SSSR count). The van der Waals surface area contributed by atoms with E-state index in [1.807, 2.05) is 0 Å². The monoisotopic (exact) mass is 559 g/mol. The Morgan fingerprint density at radius 3 is 2.33 bits per heavy atom. The number of nitrogens with zero attached hydrogens (tertiary/aromatic N) is 1.